The summed E-state index contributed by atoms with van der Waals surface area (Å²) >= 11 is 0. The van der Waals surface area contributed by atoms with Gasteiger partial charge in [-0.2, -0.15) is 0 Å². The molecule has 2 aliphatic carbocycles. The van der Waals surface area contributed by atoms with Crippen LogP contribution in [0.3, 0.4) is 0 Å². The molecule has 0 N–H and O–H groups in total. The summed E-state index contributed by atoms with van der Waals surface area (Å²) in [4.78, 5) is 10.1. The van der Waals surface area contributed by atoms with E-state index in [1.165, 1.54) is 52.9 Å². The second-order valence-electron chi connectivity index (χ2n) is 8.68. The molecule has 0 atom stereocenters. The molecule has 8 rings (SSSR count). The lowest BCUT2D eigenvalue weighted by Gasteiger charge is -1.99. The van der Waals surface area contributed by atoms with Gasteiger partial charge in [0.15, 0.2) is 0 Å². The zero-order chi connectivity index (χ0) is 20.8. The Labute approximate surface area is 182 Å². The predicted molar refractivity (Wildman–Crippen MR) is 130 cm³/mol. The van der Waals surface area contributed by atoms with Crippen LogP contribution in [0.5, 0.6) is 0 Å². The third kappa shape index (κ3) is 2.04. The second-order valence-corrected chi connectivity index (χ2v) is 8.68. The van der Waals surface area contributed by atoms with Gasteiger partial charge in [0.2, 0.25) is 0 Å². The summed E-state index contributed by atoms with van der Waals surface area (Å²) in [5.41, 5.74) is 6.44. The number of nitrogens with zero attached hydrogens (tertiary/aromatic N) is 2. The standard InChI is InChI=1S/C30H16N2/c1-3-7-21-17(5-1)13-25-23(21)11-9-19-15-27(31-29(19)25)28-16-20-10-12-24-22-8-4-2-6-18(22)14-26(24)30(20)32-28/h1-16H. The van der Waals surface area contributed by atoms with Crippen LogP contribution in [0.15, 0.2) is 82.8 Å². The average Bonchev–Trinajstić information content (AvgIpc) is 3.59. The molecule has 0 saturated heterocycles. The summed E-state index contributed by atoms with van der Waals surface area (Å²) in [5, 5.41) is 9.98. The molecule has 4 aliphatic rings. The first kappa shape index (κ1) is 16.4. The Balaban J connectivity index is 1.32. The van der Waals surface area contributed by atoms with Crippen molar-refractivity contribution in [3.05, 3.63) is 126 Å². The highest BCUT2D eigenvalue weighted by Crippen LogP contribution is 2.27. The van der Waals surface area contributed by atoms with Crippen LogP contribution in [0, 0.1) is 20.9 Å². The number of rotatable bonds is 1. The van der Waals surface area contributed by atoms with Crippen molar-refractivity contribution in [1.82, 2.24) is 0 Å². The van der Waals surface area contributed by atoms with Crippen molar-refractivity contribution >= 4 is 47.1 Å². The summed E-state index contributed by atoms with van der Waals surface area (Å²) < 4.78 is 0. The topological polar surface area (TPSA) is 24.7 Å². The maximum atomic E-state index is 5.06. The second kappa shape index (κ2) is 5.68. The number of benzene rings is 4. The number of hydrogen-bond acceptors (Lipinski definition) is 2. The maximum absolute atomic E-state index is 5.06. The molecule has 0 fully saturated rings. The molecule has 0 spiro atoms. The molecule has 4 aromatic rings. The molecule has 0 radical (unpaired) electrons. The molecule has 0 bridgehead atoms. The minimum atomic E-state index is 0.943. The first-order valence-electron chi connectivity index (χ1n) is 10.9. The van der Waals surface area contributed by atoms with E-state index in [0.29, 0.717) is 0 Å². The smallest absolute Gasteiger partial charge is 0.0901 e. The van der Waals surface area contributed by atoms with Gasteiger partial charge in [-0.05, 0) is 55.6 Å². The van der Waals surface area contributed by atoms with Gasteiger partial charge < -0.3 is 0 Å². The van der Waals surface area contributed by atoms with E-state index in [2.05, 4.69) is 97.1 Å². The normalized spacial score (nSPS) is 15.0. The fourth-order valence-corrected chi connectivity index (χ4v) is 5.40. The van der Waals surface area contributed by atoms with Crippen molar-refractivity contribution < 1.29 is 0 Å². The van der Waals surface area contributed by atoms with Gasteiger partial charge in [-0.1, -0.05) is 72.8 Å². The first-order chi connectivity index (χ1) is 15.8. The molecule has 2 heterocycles. The Hall–Kier alpha value is -4.30. The minimum Gasteiger partial charge on any atom is -0.245 e. The van der Waals surface area contributed by atoms with E-state index in [-0.39, 0.29) is 0 Å². The van der Waals surface area contributed by atoms with Crippen LogP contribution in [0.1, 0.15) is 11.1 Å². The van der Waals surface area contributed by atoms with Crippen molar-refractivity contribution in [2.24, 2.45) is 9.98 Å². The lowest BCUT2D eigenvalue weighted by atomic mass is 10.1. The summed E-state index contributed by atoms with van der Waals surface area (Å²) in [6, 6.07) is 25.9. The van der Waals surface area contributed by atoms with Crippen molar-refractivity contribution in [3.63, 3.8) is 0 Å². The highest BCUT2D eigenvalue weighted by Gasteiger charge is 2.20. The molecular formula is C30H16N2. The van der Waals surface area contributed by atoms with Crippen LogP contribution in [0.4, 0.5) is 11.4 Å². The maximum Gasteiger partial charge on any atom is 0.0901 e. The van der Waals surface area contributed by atoms with E-state index in [4.69, 9.17) is 9.98 Å². The Morgan fingerprint density at radius 2 is 0.844 bits per heavy atom. The van der Waals surface area contributed by atoms with Gasteiger partial charge in [-0.25, -0.2) is 9.98 Å². The summed E-state index contributed by atoms with van der Waals surface area (Å²) in [6.45, 7) is 0. The molecule has 146 valence electrons. The van der Waals surface area contributed by atoms with Crippen LogP contribution < -0.4 is 20.9 Å². The molecule has 0 unspecified atom stereocenters. The summed E-state index contributed by atoms with van der Waals surface area (Å²) in [6.07, 6.45) is 8.87. The van der Waals surface area contributed by atoms with Crippen LogP contribution in [0.25, 0.3) is 24.3 Å². The lowest BCUT2D eigenvalue weighted by molar-refractivity contribution is 1.43. The van der Waals surface area contributed by atoms with Gasteiger partial charge in [-0.15, -0.1) is 0 Å². The largest absolute Gasteiger partial charge is 0.245 e. The highest BCUT2D eigenvalue weighted by molar-refractivity contribution is 6.63. The molecule has 2 heteroatoms. The van der Waals surface area contributed by atoms with E-state index in [0.717, 1.165) is 22.8 Å². The molecule has 0 aromatic heterocycles. The van der Waals surface area contributed by atoms with Crippen LogP contribution in [0.2, 0.25) is 0 Å². The molecule has 0 saturated carbocycles. The Bertz CT molecular complexity index is 1930. The molecule has 2 nitrogen and oxygen atoms in total. The third-order valence-corrected chi connectivity index (χ3v) is 6.91. The summed E-state index contributed by atoms with van der Waals surface area (Å²) in [7, 11) is 0. The van der Waals surface area contributed by atoms with Crippen LogP contribution in [-0.2, 0) is 0 Å². The molecular weight excluding hydrogens is 388 g/mol. The van der Waals surface area contributed by atoms with Crippen LogP contribution in [-0.4, -0.2) is 11.4 Å². The molecule has 4 aromatic carbocycles. The van der Waals surface area contributed by atoms with Gasteiger partial charge in [0.05, 0.1) is 22.8 Å². The van der Waals surface area contributed by atoms with E-state index in [1.54, 1.807) is 0 Å². The van der Waals surface area contributed by atoms with Gasteiger partial charge in [0, 0.05) is 21.6 Å². The highest BCUT2D eigenvalue weighted by atomic mass is 14.8. The zero-order valence-corrected chi connectivity index (χ0v) is 17.1. The fourth-order valence-electron chi connectivity index (χ4n) is 5.40. The van der Waals surface area contributed by atoms with E-state index in [9.17, 15) is 0 Å². The Morgan fingerprint density at radius 1 is 0.375 bits per heavy atom. The lowest BCUT2D eigenvalue weighted by Crippen LogP contribution is -2.07. The van der Waals surface area contributed by atoms with Crippen molar-refractivity contribution in [2.75, 3.05) is 0 Å². The van der Waals surface area contributed by atoms with Crippen molar-refractivity contribution in [2.45, 2.75) is 0 Å². The molecule has 2 aliphatic heterocycles. The van der Waals surface area contributed by atoms with Gasteiger partial charge >= 0.3 is 0 Å². The molecule has 0 amide bonds. The fraction of sp³-hybridized carbons (Fsp3) is 0. The van der Waals surface area contributed by atoms with Crippen molar-refractivity contribution in [3.8, 4) is 0 Å². The molecule has 32 heavy (non-hydrogen) atoms. The van der Waals surface area contributed by atoms with E-state index in [1.807, 2.05) is 0 Å². The quantitative estimate of drug-likeness (QED) is 0.403. The van der Waals surface area contributed by atoms with Gasteiger partial charge in [0.25, 0.3) is 0 Å². The average molecular weight is 404 g/mol. The Kier molecular flexibility index (Phi) is 2.91. The van der Waals surface area contributed by atoms with Gasteiger partial charge in [0.1, 0.15) is 0 Å². The minimum absolute atomic E-state index is 0.943. The van der Waals surface area contributed by atoms with E-state index >= 15 is 0 Å². The van der Waals surface area contributed by atoms with E-state index < -0.39 is 0 Å². The number of fused-ring (bicyclic) bond motifs is 8. The third-order valence-electron chi connectivity index (χ3n) is 6.91. The van der Waals surface area contributed by atoms with Crippen molar-refractivity contribution in [1.29, 1.82) is 0 Å². The predicted octanol–water partition coefficient (Wildman–Crippen LogP) is 2.98. The summed E-state index contributed by atoms with van der Waals surface area (Å²) in [5.74, 6) is 0. The van der Waals surface area contributed by atoms with Gasteiger partial charge in [-0.3, -0.25) is 0 Å². The monoisotopic (exact) mass is 404 g/mol. The Morgan fingerprint density at radius 3 is 1.34 bits per heavy atom. The van der Waals surface area contributed by atoms with Crippen LogP contribution >= 0.6 is 0 Å². The zero-order valence-electron chi connectivity index (χ0n) is 17.1. The first-order valence-corrected chi connectivity index (χ1v) is 10.9. The number of hydrogen-bond donors (Lipinski definition) is 0. The number of aliphatic imine (C=N–C) groups is 2. The SMILES string of the molecule is C1=c2ccc3c(c2N=C1C1=Nc2c4c(ccc2=C1)=c1ccccc1=C4)C=c1ccccc1=3.